The Morgan fingerprint density at radius 2 is 1.64 bits per heavy atom. The van der Waals surface area contributed by atoms with Crippen LogP contribution in [0.4, 0.5) is 5.69 Å². The van der Waals surface area contributed by atoms with Crippen molar-refractivity contribution in [3.05, 3.63) is 76.0 Å². The molecule has 1 saturated heterocycles. The van der Waals surface area contributed by atoms with Gasteiger partial charge in [0.1, 0.15) is 0 Å². The van der Waals surface area contributed by atoms with Crippen molar-refractivity contribution in [3.63, 3.8) is 0 Å². The van der Waals surface area contributed by atoms with Crippen LogP contribution in [0.1, 0.15) is 50.8 Å². The van der Waals surface area contributed by atoms with Gasteiger partial charge in [-0.1, -0.05) is 47.5 Å². The number of nitrogens with one attached hydrogen (secondary N) is 1. The number of carbonyl (C=O) groups excluding carboxylic acids is 1. The fraction of sp³-hybridized carbons (Fsp3) is 0.321. The molecule has 0 radical (unpaired) electrons. The summed E-state index contributed by atoms with van der Waals surface area (Å²) in [5.41, 5.74) is 8.23. The topological polar surface area (TPSA) is 94.0 Å². The molecular formula is C28H30N4O3S. The third-order valence-electron chi connectivity index (χ3n) is 6.90. The average Bonchev–Trinajstić information content (AvgIpc) is 3.34. The van der Waals surface area contributed by atoms with Gasteiger partial charge in [0, 0.05) is 11.3 Å². The molecule has 0 bridgehead atoms. The lowest BCUT2D eigenvalue weighted by Gasteiger charge is -2.15. The molecule has 1 aliphatic heterocycles. The minimum Gasteiger partial charge on any atom is -0.321 e. The molecule has 7 nitrogen and oxygen atoms in total. The lowest BCUT2D eigenvalue weighted by Crippen LogP contribution is -2.16. The number of sulfone groups is 1. The van der Waals surface area contributed by atoms with Crippen molar-refractivity contribution < 1.29 is 13.2 Å². The molecule has 3 heterocycles. The van der Waals surface area contributed by atoms with Crippen LogP contribution in [0.2, 0.25) is 0 Å². The number of carbonyl (C=O) groups is 1. The Bertz CT molecular complexity index is 1600. The predicted molar refractivity (Wildman–Crippen MR) is 143 cm³/mol. The summed E-state index contributed by atoms with van der Waals surface area (Å²) < 4.78 is 26.2. The van der Waals surface area contributed by atoms with E-state index in [2.05, 4.69) is 5.32 Å². The Labute approximate surface area is 211 Å². The van der Waals surface area contributed by atoms with Crippen LogP contribution < -0.4 is 5.32 Å². The van der Waals surface area contributed by atoms with E-state index < -0.39 is 9.84 Å². The van der Waals surface area contributed by atoms with E-state index in [1.165, 1.54) is 0 Å². The van der Waals surface area contributed by atoms with Crippen LogP contribution in [0.15, 0.2) is 42.5 Å². The molecule has 0 aliphatic carbocycles. The number of aromatic nitrogens is 3. The zero-order chi connectivity index (χ0) is 25.8. The zero-order valence-electron chi connectivity index (χ0n) is 21.2. The first kappa shape index (κ1) is 24.2. The van der Waals surface area contributed by atoms with E-state index in [9.17, 15) is 13.2 Å². The molecule has 2 aromatic carbocycles. The number of anilines is 1. The molecule has 4 aromatic rings. The highest BCUT2D eigenvalue weighted by atomic mass is 32.2. The maximum atomic E-state index is 13.8. The number of fused-ring (bicyclic) bond motifs is 1. The quantitative estimate of drug-likeness (QED) is 0.411. The molecule has 0 spiro atoms. The van der Waals surface area contributed by atoms with Crippen molar-refractivity contribution in [2.24, 2.45) is 0 Å². The van der Waals surface area contributed by atoms with Crippen LogP contribution in [-0.4, -0.2) is 40.6 Å². The Hall–Kier alpha value is -3.52. The second-order valence-electron chi connectivity index (χ2n) is 9.93. The third kappa shape index (κ3) is 4.41. The van der Waals surface area contributed by atoms with Gasteiger partial charge in [0.05, 0.1) is 39.9 Å². The van der Waals surface area contributed by atoms with Gasteiger partial charge < -0.3 is 5.32 Å². The minimum atomic E-state index is -3.12. The maximum absolute atomic E-state index is 13.8. The van der Waals surface area contributed by atoms with Crippen molar-refractivity contribution in [1.82, 2.24) is 14.8 Å². The summed E-state index contributed by atoms with van der Waals surface area (Å²) in [5.74, 6) is -0.0784. The van der Waals surface area contributed by atoms with Gasteiger partial charge in [0.15, 0.2) is 15.5 Å². The van der Waals surface area contributed by atoms with Crippen molar-refractivity contribution in [2.45, 2.75) is 47.1 Å². The second kappa shape index (κ2) is 8.85. The fourth-order valence-corrected chi connectivity index (χ4v) is 6.84. The van der Waals surface area contributed by atoms with Crippen LogP contribution in [0.3, 0.4) is 0 Å². The zero-order valence-corrected chi connectivity index (χ0v) is 22.0. The predicted octanol–water partition coefficient (Wildman–Crippen LogP) is 5.25. The maximum Gasteiger partial charge on any atom is 0.256 e. The van der Waals surface area contributed by atoms with Gasteiger partial charge in [0.25, 0.3) is 5.91 Å². The Morgan fingerprint density at radius 3 is 2.25 bits per heavy atom. The molecule has 2 aromatic heterocycles. The third-order valence-corrected chi connectivity index (χ3v) is 8.65. The van der Waals surface area contributed by atoms with Crippen LogP contribution in [0, 0.1) is 34.6 Å². The fourth-order valence-electron chi connectivity index (χ4n) is 5.15. The first-order chi connectivity index (χ1) is 17.0. The number of rotatable bonds is 4. The van der Waals surface area contributed by atoms with Crippen LogP contribution in [0.5, 0.6) is 0 Å². The second-order valence-corrected chi connectivity index (χ2v) is 12.2. The Kier molecular flexibility index (Phi) is 5.95. The number of aryl methyl sites for hydroxylation is 5. The van der Waals surface area contributed by atoms with Gasteiger partial charge in [-0.05, 0) is 58.2 Å². The van der Waals surface area contributed by atoms with E-state index in [0.717, 1.165) is 33.5 Å². The number of nitrogens with zero attached hydrogens (tertiary/aromatic N) is 3. The largest absolute Gasteiger partial charge is 0.321 e. The smallest absolute Gasteiger partial charge is 0.256 e. The molecule has 1 atom stereocenters. The number of benzene rings is 2. The first-order valence-corrected chi connectivity index (χ1v) is 13.9. The van der Waals surface area contributed by atoms with Crippen molar-refractivity contribution in [2.75, 3.05) is 16.8 Å². The van der Waals surface area contributed by atoms with Crippen molar-refractivity contribution in [1.29, 1.82) is 0 Å². The highest BCUT2D eigenvalue weighted by Gasteiger charge is 2.32. The number of pyridine rings is 1. The van der Waals surface area contributed by atoms with Crippen molar-refractivity contribution in [3.8, 4) is 11.3 Å². The lowest BCUT2D eigenvalue weighted by atomic mass is 10.0. The average molecular weight is 503 g/mol. The molecule has 1 fully saturated rings. The van der Waals surface area contributed by atoms with Gasteiger partial charge >= 0.3 is 0 Å². The summed E-state index contributed by atoms with van der Waals surface area (Å²) in [6.07, 6.45) is 0.484. The minimum absolute atomic E-state index is 0.0307. The molecule has 8 heteroatoms. The first-order valence-electron chi connectivity index (χ1n) is 12.1. The highest BCUT2D eigenvalue weighted by molar-refractivity contribution is 7.91. The Balaban J connectivity index is 1.69. The van der Waals surface area contributed by atoms with Gasteiger partial charge in [-0.3, -0.25) is 4.79 Å². The van der Waals surface area contributed by atoms with Crippen LogP contribution in [0.25, 0.3) is 22.3 Å². The monoisotopic (exact) mass is 502 g/mol. The van der Waals surface area contributed by atoms with Gasteiger partial charge in [-0.15, -0.1) is 0 Å². The molecule has 0 saturated carbocycles. The standard InChI is InChI=1S/C28H30N4O3S/c1-16-6-8-21(9-7-16)24-14-23(28(33)30-26-18(3)12-17(2)13-19(26)4)25-20(5)31-32(27(25)29-24)22-10-11-36(34,35)15-22/h6-9,12-14,22H,10-11,15H2,1-5H3,(H,30,33). The van der Waals surface area contributed by atoms with E-state index in [1.54, 1.807) is 4.68 Å². The van der Waals surface area contributed by atoms with E-state index in [4.69, 9.17) is 10.1 Å². The summed E-state index contributed by atoms with van der Waals surface area (Å²) in [7, 11) is -3.12. The van der Waals surface area contributed by atoms with Crippen molar-refractivity contribution >= 4 is 32.5 Å². The molecule has 1 aliphatic rings. The molecule has 1 N–H and O–H groups in total. The highest BCUT2D eigenvalue weighted by Crippen LogP contribution is 2.33. The molecule has 186 valence electrons. The lowest BCUT2D eigenvalue weighted by molar-refractivity contribution is 0.102. The molecular weight excluding hydrogens is 472 g/mol. The van der Waals surface area contributed by atoms with E-state index in [0.29, 0.717) is 34.4 Å². The molecule has 5 rings (SSSR count). The van der Waals surface area contributed by atoms with E-state index in [-0.39, 0.29) is 23.5 Å². The number of amides is 1. The van der Waals surface area contributed by atoms with Crippen LogP contribution in [-0.2, 0) is 9.84 Å². The number of hydrogen-bond acceptors (Lipinski definition) is 5. The van der Waals surface area contributed by atoms with E-state index in [1.807, 2.05) is 77.1 Å². The SMILES string of the molecule is Cc1ccc(-c2cc(C(=O)Nc3c(C)cc(C)cc3C)c3c(C)nn(C4CCS(=O)(=O)C4)c3n2)cc1. The van der Waals surface area contributed by atoms with Gasteiger partial charge in [-0.2, -0.15) is 5.10 Å². The molecule has 1 unspecified atom stereocenters. The Morgan fingerprint density at radius 1 is 0.972 bits per heavy atom. The summed E-state index contributed by atoms with van der Waals surface area (Å²) in [6, 6.07) is 13.6. The van der Waals surface area contributed by atoms with Crippen LogP contribution >= 0.6 is 0 Å². The van der Waals surface area contributed by atoms with Gasteiger partial charge in [0.2, 0.25) is 0 Å². The summed E-state index contributed by atoms with van der Waals surface area (Å²) in [4.78, 5) is 18.7. The van der Waals surface area contributed by atoms with Gasteiger partial charge in [-0.25, -0.2) is 18.1 Å². The molecule has 36 heavy (non-hydrogen) atoms. The normalized spacial score (nSPS) is 17.0. The van der Waals surface area contributed by atoms with E-state index >= 15 is 0 Å². The number of hydrogen-bond donors (Lipinski definition) is 1. The summed E-state index contributed by atoms with van der Waals surface area (Å²) in [6.45, 7) is 9.87. The summed E-state index contributed by atoms with van der Waals surface area (Å²) >= 11 is 0. The molecule has 1 amide bonds. The summed E-state index contributed by atoms with van der Waals surface area (Å²) in [5, 5.41) is 8.46.